The van der Waals surface area contributed by atoms with E-state index in [0.29, 0.717) is 0 Å². The van der Waals surface area contributed by atoms with E-state index in [2.05, 4.69) is 29.3 Å². The van der Waals surface area contributed by atoms with Crippen LogP contribution in [-0.4, -0.2) is 23.0 Å². The van der Waals surface area contributed by atoms with E-state index < -0.39 is 0 Å². The van der Waals surface area contributed by atoms with Gasteiger partial charge in [-0.15, -0.1) is 11.3 Å². The first-order valence-corrected chi connectivity index (χ1v) is 7.02. The van der Waals surface area contributed by atoms with Crippen molar-refractivity contribution < 1.29 is 0 Å². The molecular formula is C13H19NS. The summed E-state index contributed by atoms with van der Waals surface area (Å²) in [5.74, 6) is 0. The summed E-state index contributed by atoms with van der Waals surface area (Å²) in [6.45, 7) is 2.41. The van der Waals surface area contributed by atoms with Crippen molar-refractivity contribution >= 4 is 11.3 Å². The molecule has 1 aromatic heterocycles. The predicted molar refractivity (Wildman–Crippen MR) is 65.4 cm³/mol. The van der Waals surface area contributed by atoms with Crippen LogP contribution in [0, 0.1) is 0 Å². The van der Waals surface area contributed by atoms with E-state index >= 15 is 0 Å². The molecule has 0 unspecified atom stereocenters. The molecule has 0 spiro atoms. The monoisotopic (exact) mass is 221 g/mol. The number of fused-ring (bicyclic) bond motifs is 1. The molecule has 2 fully saturated rings. The summed E-state index contributed by atoms with van der Waals surface area (Å²) in [6.07, 6.45) is 7.03. The minimum Gasteiger partial charge on any atom is -0.294 e. The first kappa shape index (κ1) is 9.86. The molecule has 2 aliphatic heterocycles. The maximum Gasteiger partial charge on any atom is 0.0150 e. The van der Waals surface area contributed by atoms with E-state index in [1.807, 2.05) is 11.3 Å². The van der Waals surface area contributed by atoms with Gasteiger partial charge in [-0.05, 0) is 50.5 Å². The average Bonchev–Trinajstić information content (AvgIpc) is 2.88. The van der Waals surface area contributed by atoms with Gasteiger partial charge in [0.25, 0.3) is 0 Å². The molecule has 0 amide bonds. The summed E-state index contributed by atoms with van der Waals surface area (Å²) in [6, 6.07) is 7.07. The maximum absolute atomic E-state index is 2.81. The fourth-order valence-electron chi connectivity index (χ4n) is 3.45. The SMILES string of the molecule is C[C@H]1CC[C@@H]2CC[C@@H](Cc3cccs3)N21. The lowest BCUT2D eigenvalue weighted by Crippen LogP contribution is -2.37. The van der Waals surface area contributed by atoms with Gasteiger partial charge in [0.1, 0.15) is 0 Å². The molecule has 2 saturated heterocycles. The van der Waals surface area contributed by atoms with Gasteiger partial charge in [0.05, 0.1) is 0 Å². The summed E-state index contributed by atoms with van der Waals surface area (Å²) in [5.41, 5.74) is 0. The third-order valence-corrected chi connectivity index (χ3v) is 5.02. The third kappa shape index (κ3) is 1.74. The number of thiophene rings is 1. The van der Waals surface area contributed by atoms with Gasteiger partial charge in [-0.1, -0.05) is 6.07 Å². The highest BCUT2D eigenvalue weighted by Crippen LogP contribution is 2.37. The molecule has 0 aliphatic carbocycles. The van der Waals surface area contributed by atoms with Gasteiger partial charge in [-0.25, -0.2) is 0 Å². The van der Waals surface area contributed by atoms with Crippen LogP contribution in [0.2, 0.25) is 0 Å². The molecule has 0 bridgehead atoms. The lowest BCUT2D eigenvalue weighted by molar-refractivity contribution is 0.191. The van der Waals surface area contributed by atoms with Crippen LogP contribution in [0.5, 0.6) is 0 Å². The van der Waals surface area contributed by atoms with E-state index in [9.17, 15) is 0 Å². The molecule has 82 valence electrons. The third-order valence-electron chi connectivity index (χ3n) is 4.12. The quantitative estimate of drug-likeness (QED) is 0.740. The summed E-state index contributed by atoms with van der Waals surface area (Å²) < 4.78 is 0. The molecule has 0 N–H and O–H groups in total. The fourth-order valence-corrected chi connectivity index (χ4v) is 4.22. The maximum atomic E-state index is 2.81. The smallest absolute Gasteiger partial charge is 0.0150 e. The Morgan fingerprint density at radius 1 is 1.33 bits per heavy atom. The molecule has 0 saturated carbocycles. The lowest BCUT2D eigenvalue weighted by Gasteiger charge is -2.28. The topological polar surface area (TPSA) is 3.24 Å². The second-order valence-electron chi connectivity index (χ2n) is 5.04. The van der Waals surface area contributed by atoms with E-state index in [0.717, 1.165) is 18.1 Å². The predicted octanol–water partition coefficient (Wildman–Crippen LogP) is 3.31. The van der Waals surface area contributed by atoms with Crippen molar-refractivity contribution in [1.29, 1.82) is 0 Å². The largest absolute Gasteiger partial charge is 0.294 e. The number of hydrogen-bond donors (Lipinski definition) is 0. The average molecular weight is 221 g/mol. The molecule has 0 aromatic carbocycles. The summed E-state index contributed by atoms with van der Waals surface area (Å²) >= 11 is 1.92. The van der Waals surface area contributed by atoms with Crippen molar-refractivity contribution in [3.05, 3.63) is 22.4 Å². The molecule has 3 atom stereocenters. The Labute approximate surface area is 96.1 Å². The van der Waals surface area contributed by atoms with Crippen LogP contribution in [0.25, 0.3) is 0 Å². The Kier molecular flexibility index (Phi) is 2.57. The number of nitrogens with zero attached hydrogens (tertiary/aromatic N) is 1. The van der Waals surface area contributed by atoms with Gasteiger partial charge in [-0.3, -0.25) is 4.90 Å². The van der Waals surface area contributed by atoms with Gasteiger partial charge < -0.3 is 0 Å². The summed E-state index contributed by atoms with van der Waals surface area (Å²) in [7, 11) is 0. The van der Waals surface area contributed by atoms with Crippen LogP contribution in [0.4, 0.5) is 0 Å². The molecular weight excluding hydrogens is 202 g/mol. The van der Waals surface area contributed by atoms with Crippen LogP contribution in [0.1, 0.15) is 37.5 Å². The van der Waals surface area contributed by atoms with Crippen molar-refractivity contribution in [3.63, 3.8) is 0 Å². The van der Waals surface area contributed by atoms with Gasteiger partial charge in [0.15, 0.2) is 0 Å². The van der Waals surface area contributed by atoms with Crippen LogP contribution in [0.3, 0.4) is 0 Å². The molecule has 2 heteroatoms. The standard InChI is InChI=1S/C13H19NS/c1-10-4-5-11-6-7-12(14(10)11)9-13-3-2-8-15-13/h2-3,8,10-12H,4-7,9H2,1H3/t10-,11+,12-/m0/s1. The minimum atomic E-state index is 0.836. The molecule has 1 nitrogen and oxygen atoms in total. The summed E-state index contributed by atoms with van der Waals surface area (Å²) in [4.78, 5) is 4.37. The van der Waals surface area contributed by atoms with Crippen molar-refractivity contribution in [2.24, 2.45) is 0 Å². The van der Waals surface area contributed by atoms with E-state index in [1.165, 1.54) is 32.1 Å². The highest BCUT2D eigenvalue weighted by atomic mass is 32.1. The highest BCUT2D eigenvalue weighted by molar-refractivity contribution is 7.09. The van der Waals surface area contributed by atoms with Crippen molar-refractivity contribution in [2.75, 3.05) is 0 Å². The van der Waals surface area contributed by atoms with E-state index in [1.54, 1.807) is 4.88 Å². The van der Waals surface area contributed by atoms with Crippen LogP contribution in [0.15, 0.2) is 17.5 Å². The van der Waals surface area contributed by atoms with Gasteiger partial charge in [0, 0.05) is 23.0 Å². The van der Waals surface area contributed by atoms with Crippen molar-refractivity contribution in [3.8, 4) is 0 Å². The first-order chi connectivity index (χ1) is 7.34. The van der Waals surface area contributed by atoms with Crippen LogP contribution < -0.4 is 0 Å². The Bertz CT molecular complexity index is 319. The summed E-state index contributed by atoms with van der Waals surface area (Å²) in [5, 5.41) is 2.20. The Morgan fingerprint density at radius 2 is 2.20 bits per heavy atom. The fraction of sp³-hybridized carbons (Fsp3) is 0.692. The highest BCUT2D eigenvalue weighted by Gasteiger charge is 2.40. The Balaban J connectivity index is 1.72. The number of hydrogen-bond acceptors (Lipinski definition) is 2. The molecule has 2 aliphatic rings. The van der Waals surface area contributed by atoms with Crippen LogP contribution >= 0.6 is 11.3 Å². The van der Waals surface area contributed by atoms with Gasteiger partial charge in [-0.2, -0.15) is 0 Å². The molecule has 3 rings (SSSR count). The Hall–Kier alpha value is -0.340. The van der Waals surface area contributed by atoms with Crippen molar-refractivity contribution in [2.45, 2.75) is 57.2 Å². The van der Waals surface area contributed by atoms with Gasteiger partial charge in [0.2, 0.25) is 0 Å². The van der Waals surface area contributed by atoms with Crippen molar-refractivity contribution in [1.82, 2.24) is 4.90 Å². The molecule has 1 aromatic rings. The zero-order chi connectivity index (χ0) is 10.3. The van der Waals surface area contributed by atoms with Crippen LogP contribution in [-0.2, 0) is 6.42 Å². The minimum absolute atomic E-state index is 0.836. The van der Waals surface area contributed by atoms with E-state index in [-0.39, 0.29) is 0 Å². The second-order valence-corrected chi connectivity index (χ2v) is 6.07. The molecule has 15 heavy (non-hydrogen) atoms. The second kappa shape index (κ2) is 3.91. The zero-order valence-electron chi connectivity index (χ0n) is 9.36. The molecule has 3 heterocycles. The normalized spacial score (nSPS) is 35.9. The molecule has 0 radical (unpaired) electrons. The van der Waals surface area contributed by atoms with Gasteiger partial charge >= 0.3 is 0 Å². The first-order valence-electron chi connectivity index (χ1n) is 6.14. The zero-order valence-corrected chi connectivity index (χ0v) is 10.2. The lowest BCUT2D eigenvalue weighted by atomic mass is 10.1. The van der Waals surface area contributed by atoms with E-state index in [4.69, 9.17) is 0 Å². The number of rotatable bonds is 2. The Morgan fingerprint density at radius 3 is 3.00 bits per heavy atom.